The van der Waals surface area contributed by atoms with Gasteiger partial charge in [0, 0.05) is 18.6 Å². The summed E-state index contributed by atoms with van der Waals surface area (Å²) in [5, 5.41) is 0.885. The summed E-state index contributed by atoms with van der Waals surface area (Å²) < 4.78 is 0. The monoisotopic (exact) mass is 236 g/mol. The third kappa shape index (κ3) is 1.61. The van der Waals surface area contributed by atoms with Gasteiger partial charge in [0.25, 0.3) is 0 Å². The second-order valence-electron chi connectivity index (χ2n) is 4.93. The molecule has 86 valence electrons. The Hall–Kier alpha value is -0.730. The molecule has 0 aromatic heterocycles. The van der Waals surface area contributed by atoms with E-state index in [2.05, 4.69) is 11.0 Å². The van der Waals surface area contributed by atoms with E-state index in [0.717, 1.165) is 24.4 Å². The van der Waals surface area contributed by atoms with Crippen LogP contribution >= 0.6 is 11.6 Å². The SMILES string of the molecule is NC1CCC2CCc3cccc(Cl)c3N2C1. The first-order valence-corrected chi connectivity index (χ1v) is 6.43. The van der Waals surface area contributed by atoms with Gasteiger partial charge in [0.15, 0.2) is 0 Å². The Morgan fingerprint density at radius 1 is 1.25 bits per heavy atom. The molecule has 1 aromatic rings. The number of benzene rings is 1. The maximum Gasteiger partial charge on any atom is 0.0642 e. The number of nitrogens with zero attached hydrogens (tertiary/aromatic N) is 1. The number of fused-ring (bicyclic) bond motifs is 3. The minimum absolute atomic E-state index is 0.304. The van der Waals surface area contributed by atoms with Gasteiger partial charge >= 0.3 is 0 Å². The summed E-state index contributed by atoms with van der Waals surface area (Å²) in [6.45, 7) is 0.960. The molecule has 1 fully saturated rings. The molecule has 0 bridgehead atoms. The number of anilines is 1. The molecule has 1 aromatic carbocycles. The van der Waals surface area contributed by atoms with Crippen LogP contribution in [0, 0.1) is 0 Å². The number of hydrogen-bond donors (Lipinski definition) is 1. The van der Waals surface area contributed by atoms with E-state index in [9.17, 15) is 0 Å². The van der Waals surface area contributed by atoms with Gasteiger partial charge in [-0.15, -0.1) is 0 Å². The lowest BCUT2D eigenvalue weighted by Crippen LogP contribution is -2.50. The number of halogens is 1. The Bertz CT molecular complexity index is 405. The average molecular weight is 237 g/mol. The van der Waals surface area contributed by atoms with Gasteiger partial charge in [-0.25, -0.2) is 0 Å². The summed E-state index contributed by atoms with van der Waals surface area (Å²) in [5.74, 6) is 0. The molecule has 2 aliphatic heterocycles. The molecule has 2 aliphatic rings. The lowest BCUT2D eigenvalue weighted by molar-refractivity contribution is 0.390. The van der Waals surface area contributed by atoms with E-state index >= 15 is 0 Å². The van der Waals surface area contributed by atoms with E-state index in [0.29, 0.717) is 12.1 Å². The van der Waals surface area contributed by atoms with Crippen LogP contribution < -0.4 is 10.6 Å². The number of para-hydroxylation sites is 1. The molecule has 0 radical (unpaired) electrons. The molecular formula is C13H17ClN2. The van der Waals surface area contributed by atoms with Crippen molar-refractivity contribution in [2.75, 3.05) is 11.4 Å². The summed E-state index contributed by atoms with van der Waals surface area (Å²) in [6.07, 6.45) is 4.78. The maximum atomic E-state index is 6.33. The molecule has 0 amide bonds. The first-order valence-electron chi connectivity index (χ1n) is 6.05. The van der Waals surface area contributed by atoms with Gasteiger partial charge in [-0.1, -0.05) is 23.7 Å². The zero-order valence-corrected chi connectivity index (χ0v) is 10.1. The first-order chi connectivity index (χ1) is 7.75. The summed E-state index contributed by atoms with van der Waals surface area (Å²) >= 11 is 6.33. The van der Waals surface area contributed by atoms with Crippen molar-refractivity contribution in [2.24, 2.45) is 5.73 Å². The van der Waals surface area contributed by atoms with Crippen molar-refractivity contribution in [3.63, 3.8) is 0 Å². The highest BCUT2D eigenvalue weighted by Gasteiger charge is 2.32. The Labute approximate surface area is 101 Å². The smallest absolute Gasteiger partial charge is 0.0642 e. The van der Waals surface area contributed by atoms with Crippen LogP contribution in [0.25, 0.3) is 0 Å². The molecule has 0 aliphatic carbocycles. The van der Waals surface area contributed by atoms with Crippen molar-refractivity contribution in [2.45, 2.75) is 37.8 Å². The van der Waals surface area contributed by atoms with E-state index in [1.807, 2.05) is 12.1 Å². The second-order valence-corrected chi connectivity index (χ2v) is 5.34. The van der Waals surface area contributed by atoms with Gasteiger partial charge in [0.05, 0.1) is 10.7 Å². The summed E-state index contributed by atoms with van der Waals surface area (Å²) in [6, 6.07) is 7.19. The van der Waals surface area contributed by atoms with Crippen LogP contribution in [-0.2, 0) is 6.42 Å². The predicted octanol–water partition coefficient (Wildman–Crippen LogP) is 2.58. The molecular weight excluding hydrogens is 220 g/mol. The Morgan fingerprint density at radius 2 is 2.12 bits per heavy atom. The predicted molar refractivity (Wildman–Crippen MR) is 68.1 cm³/mol. The van der Waals surface area contributed by atoms with E-state index in [-0.39, 0.29) is 0 Å². The largest absolute Gasteiger partial charge is 0.366 e. The Kier molecular flexibility index (Phi) is 2.56. The minimum atomic E-state index is 0.304. The number of aryl methyl sites for hydroxylation is 1. The highest BCUT2D eigenvalue weighted by molar-refractivity contribution is 6.33. The average Bonchev–Trinajstić information content (AvgIpc) is 2.28. The number of nitrogens with two attached hydrogens (primary N) is 1. The van der Waals surface area contributed by atoms with Crippen LogP contribution in [0.1, 0.15) is 24.8 Å². The summed E-state index contributed by atoms with van der Waals surface area (Å²) in [4.78, 5) is 2.44. The number of rotatable bonds is 0. The van der Waals surface area contributed by atoms with Crippen molar-refractivity contribution in [1.29, 1.82) is 0 Å². The molecule has 2 atom stereocenters. The molecule has 0 spiro atoms. The van der Waals surface area contributed by atoms with Crippen molar-refractivity contribution >= 4 is 17.3 Å². The van der Waals surface area contributed by atoms with Crippen LogP contribution in [-0.4, -0.2) is 18.6 Å². The van der Waals surface area contributed by atoms with Gasteiger partial charge in [0.2, 0.25) is 0 Å². The topological polar surface area (TPSA) is 29.3 Å². The maximum absolute atomic E-state index is 6.33. The fraction of sp³-hybridized carbons (Fsp3) is 0.538. The molecule has 2 nitrogen and oxygen atoms in total. The Balaban J connectivity index is 2.02. The Morgan fingerprint density at radius 3 is 3.00 bits per heavy atom. The highest BCUT2D eigenvalue weighted by Crippen LogP contribution is 2.39. The van der Waals surface area contributed by atoms with Crippen molar-refractivity contribution in [3.8, 4) is 0 Å². The molecule has 2 unspecified atom stereocenters. The van der Waals surface area contributed by atoms with Crippen LogP contribution in [0.2, 0.25) is 5.02 Å². The van der Waals surface area contributed by atoms with Crippen molar-refractivity contribution < 1.29 is 0 Å². The molecule has 1 saturated heterocycles. The number of piperidine rings is 1. The molecule has 2 heterocycles. The summed E-state index contributed by atoms with van der Waals surface area (Å²) in [5.41, 5.74) is 8.70. The van der Waals surface area contributed by atoms with E-state index < -0.39 is 0 Å². The second kappa shape index (κ2) is 3.94. The summed E-state index contributed by atoms with van der Waals surface area (Å²) in [7, 11) is 0. The van der Waals surface area contributed by atoms with Crippen LogP contribution in [0.4, 0.5) is 5.69 Å². The van der Waals surface area contributed by atoms with Gasteiger partial charge < -0.3 is 10.6 Å². The lowest BCUT2D eigenvalue weighted by Gasteiger charge is -2.44. The normalized spacial score (nSPS) is 28.5. The molecule has 16 heavy (non-hydrogen) atoms. The van der Waals surface area contributed by atoms with Crippen LogP contribution in [0.5, 0.6) is 0 Å². The molecule has 3 heteroatoms. The van der Waals surface area contributed by atoms with E-state index in [1.165, 1.54) is 24.1 Å². The van der Waals surface area contributed by atoms with Gasteiger partial charge in [-0.05, 0) is 37.3 Å². The zero-order valence-electron chi connectivity index (χ0n) is 9.32. The quantitative estimate of drug-likeness (QED) is 0.750. The number of hydrogen-bond acceptors (Lipinski definition) is 2. The van der Waals surface area contributed by atoms with E-state index in [4.69, 9.17) is 17.3 Å². The fourth-order valence-electron chi connectivity index (χ4n) is 3.03. The molecule has 3 rings (SSSR count). The molecule has 0 saturated carbocycles. The minimum Gasteiger partial charge on any atom is -0.366 e. The van der Waals surface area contributed by atoms with Crippen molar-refractivity contribution in [1.82, 2.24) is 0 Å². The van der Waals surface area contributed by atoms with Gasteiger partial charge in [0.1, 0.15) is 0 Å². The van der Waals surface area contributed by atoms with Gasteiger partial charge in [-0.3, -0.25) is 0 Å². The highest BCUT2D eigenvalue weighted by atomic mass is 35.5. The van der Waals surface area contributed by atoms with Crippen LogP contribution in [0.15, 0.2) is 18.2 Å². The van der Waals surface area contributed by atoms with E-state index in [1.54, 1.807) is 0 Å². The first kappa shape index (κ1) is 10.4. The molecule has 2 N–H and O–H groups in total. The third-order valence-electron chi connectivity index (χ3n) is 3.85. The van der Waals surface area contributed by atoms with Crippen molar-refractivity contribution in [3.05, 3.63) is 28.8 Å². The third-order valence-corrected chi connectivity index (χ3v) is 4.15. The van der Waals surface area contributed by atoms with Gasteiger partial charge in [-0.2, -0.15) is 0 Å². The van der Waals surface area contributed by atoms with Crippen LogP contribution in [0.3, 0.4) is 0 Å². The lowest BCUT2D eigenvalue weighted by atomic mass is 9.88. The fourth-order valence-corrected chi connectivity index (χ4v) is 3.34. The zero-order chi connectivity index (χ0) is 11.1. The standard InChI is InChI=1S/C13H17ClN2/c14-12-3-1-2-9-4-6-11-7-5-10(15)8-16(11)13(9)12/h1-3,10-11H,4-8,15H2.